The van der Waals surface area contributed by atoms with Crippen LogP contribution < -0.4 is 0 Å². The topological polar surface area (TPSA) is 55.8 Å². The maximum Gasteiger partial charge on any atom is 0.322 e. The lowest BCUT2D eigenvalue weighted by Gasteiger charge is -2.21. The van der Waals surface area contributed by atoms with E-state index in [2.05, 4.69) is 4.74 Å². The second-order valence-electron chi connectivity index (χ2n) is 3.23. The third-order valence-electron chi connectivity index (χ3n) is 2.18. The van der Waals surface area contributed by atoms with Gasteiger partial charge in [0.25, 0.3) is 0 Å². The Morgan fingerprint density at radius 3 is 2.47 bits per heavy atom. The van der Waals surface area contributed by atoms with E-state index in [-0.39, 0.29) is 24.4 Å². The molecule has 0 aromatic rings. The number of likely N-dealkylation sites (N-methyl/N-ethyl adjacent to an activating group) is 1. The van der Waals surface area contributed by atoms with Gasteiger partial charge < -0.3 is 9.47 Å². The fourth-order valence-corrected chi connectivity index (χ4v) is 1.04. The molecule has 15 heavy (non-hydrogen) atoms. The Balaban J connectivity index is 3.87. The lowest BCUT2D eigenvalue weighted by Crippen LogP contribution is -2.38. The fraction of sp³-hybridized carbons (Fsp3) is 0.800. The zero-order chi connectivity index (χ0) is 11.8. The lowest BCUT2D eigenvalue weighted by molar-refractivity contribution is -0.148. The molecule has 0 aromatic carbocycles. The summed E-state index contributed by atoms with van der Waals surface area (Å²) in [6.07, 6.45) is 0.283. The largest absolute Gasteiger partial charge is 0.468 e. The molecule has 0 radical (unpaired) electrons. The fourth-order valence-electron chi connectivity index (χ4n) is 1.04. The average molecular weight is 217 g/mol. The third kappa shape index (κ3) is 5.37. The van der Waals surface area contributed by atoms with E-state index in [0.29, 0.717) is 13.2 Å². The van der Waals surface area contributed by atoms with Gasteiger partial charge in [-0.1, -0.05) is 0 Å². The molecule has 0 amide bonds. The summed E-state index contributed by atoms with van der Waals surface area (Å²) in [6, 6.07) is -0.343. The molecule has 0 saturated heterocycles. The summed E-state index contributed by atoms with van der Waals surface area (Å²) in [5.74, 6) is -0.553. The summed E-state index contributed by atoms with van der Waals surface area (Å²) in [4.78, 5) is 23.9. The first-order valence-electron chi connectivity index (χ1n) is 4.96. The zero-order valence-corrected chi connectivity index (χ0v) is 9.78. The number of hydrogen-bond acceptors (Lipinski definition) is 5. The molecule has 0 aliphatic carbocycles. The van der Waals surface area contributed by atoms with Crippen LogP contribution in [0.2, 0.25) is 0 Å². The third-order valence-corrected chi connectivity index (χ3v) is 2.18. The van der Waals surface area contributed by atoms with Crippen molar-refractivity contribution in [3.05, 3.63) is 0 Å². The minimum Gasteiger partial charge on any atom is -0.468 e. The molecule has 0 aliphatic rings. The number of rotatable bonds is 6. The van der Waals surface area contributed by atoms with Crippen molar-refractivity contribution in [2.24, 2.45) is 0 Å². The van der Waals surface area contributed by atoms with Crippen LogP contribution in [0.3, 0.4) is 0 Å². The van der Waals surface area contributed by atoms with Crippen LogP contribution in [0.5, 0.6) is 0 Å². The SMILES string of the molecule is CCOC(=O)CCN(C)[C@@H](C)C(=O)OC. The Labute approximate surface area is 90.3 Å². The standard InChI is InChI=1S/C10H19NO4/c1-5-15-9(12)6-7-11(3)8(2)10(13)14-4/h8H,5-7H2,1-4H3/t8-/m0/s1. The Morgan fingerprint density at radius 2 is 2.00 bits per heavy atom. The van der Waals surface area contributed by atoms with Gasteiger partial charge in [0.05, 0.1) is 20.1 Å². The van der Waals surface area contributed by atoms with Crippen LogP contribution in [-0.2, 0) is 19.1 Å². The summed E-state index contributed by atoms with van der Waals surface area (Å²) in [5.41, 5.74) is 0. The van der Waals surface area contributed by atoms with Gasteiger partial charge in [0.1, 0.15) is 6.04 Å². The molecular formula is C10H19NO4. The van der Waals surface area contributed by atoms with E-state index >= 15 is 0 Å². The van der Waals surface area contributed by atoms with E-state index in [1.165, 1.54) is 7.11 Å². The van der Waals surface area contributed by atoms with Crippen LogP contribution in [0.4, 0.5) is 0 Å². The monoisotopic (exact) mass is 217 g/mol. The Morgan fingerprint density at radius 1 is 1.40 bits per heavy atom. The van der Waals surface area contributed by atoms with Gasteiger partial charge >= 0.3 is 11.9 Å². The van der Waals surface area contributed by atoms with Gasteiger partial charge in [0.2, 0.25) is 0 Å². The number of ether oxygens (including phenoxy) is 2. The van der Waals surface area contributed by atoms with Gasteiger partial charge in [-0.3, -0.25) is 14.5 Å². The minimum absolute atomic E-state index is 0.249. The van der Waals surface area contributed by atoms with Crippen LogP contribution in [0.15, 0.2) is 0 Å². The smallest absolute Gasteiger partial charge is 0.322 e. The summed E-state index contributed by atoms with van der Waals surface area (Å²) in [7, 11) is 3.11. The summed E-state index contributed by atoms with van der Waals surface area (Å²) in [5, 5.41) is 0. The highest BCUT2D eigenvalue weighted by Crippen LogP contribution is 1.99. The molecule has 88 valence electrons. The van der Waals surface area contributed by atoms with Gasteiger partial charge in [-0.05, 0) is 20.9 Å². The van der Waals surface area contributed by atoms with Crippen molar-refractivity contribution >= 4 is 11.9 Å². The van der Waals surface area contributed by atoms with Crippen molar-refractivity contribution in [1.82, 2.24) is 4.90 Å². The highest BCUT2D eigenvalue weighted by atomic mass is 16.5. The number of esters is 2. The van der Waals surface area contributed by atoms with Crippen LogP contribution in [0.1, 0.15) is 20.3 Å². The van der Waals surface area contributed by atoms with E-state index in [9.17, 15) is 9.59 Å². The Bertz CT molecular complexity index is 217. The van der Waals surface area contributed by atoms with Gasteiger partial charge in [0, 0.05) is 6.54 Å². The molecular weight excluding hydrogens is 198 g/mol. The van der Waals surface area contributed by atoms with Crippen molar-refractivity contribution in [1.29, 1.82) is 0 Å². The van der Waals surface area contributed by atoms with Crippen LogP contribution in [0.25, 0.3) is 0 Å². The summed E-state index contributed by atoms with van der Waals surface area (Å²) >= 11 is 0. The number of methoxy groups -OCH3 is 1. The predicted molar refractivity (Wildman–Crippen MR) is 55.4 cm³/mol. The molecule has 0 rings (SSSR count). The molecule has 0 unspecified atom stereocenters. The van der Waals surface area contributed by atoms with Crippen molar-refractivity contribution < 1.29 is 19.1 Å². The van der Waals surface area contributed by atoms with E-state index in [4.69, 9.17) is 4.74 Å². The first kappa shape index (κ1) is 13.9. The maximum atomic E-state index is 11.1. The normalized spacial score (nSPS) is 12.3. The molecule has 1 atom stereocenters. The lowest BCUT2D eigenvalue weighted by atomic mass is 10.3. The van der Waals surface area contributed by atoms with Crippen molar-refractivity contribution in [3.8, 4) is 0 Å². The van der Waals surface area contributed by atoms with Crippen LogP contribution >= 0.6 is 0 Å². The second-order valence-corrected chi connectivity index (χ2v) is 3.23. The molecule has 0 N–H and O–H groups in total. The van der Waals surface area contributed by atoms with Gasteiger partial charge in [-0.25, -0.2) is 0 Å². The number of hydrogen-bond donors (Lipinski definition) is 0. The van der Waals surface area contributed by atoms with E-state index < -0.39 is 0 Å². The number of carbonyl (C=O) groups is 2. The quantitative estimate of drug-likeness (QED) is 0.604. The molecule has 0 heterocycles. The van der Waals surface area contributed by atoms with Crippen molar-refractivity contribution in [3.63, 3.8) is 0 Å². The highest BCUT2D eigenvalue weighted by molar-refractivity contribution is 5.75. The molecule has 0 aromatic heterocycles. The predicted octanol–water partition coefficient (Wildman–Crippen LogP) is 0.433. The van der Waals surface area contributed by atoms with Gasteiger partial charge in [-0.2, -0.15) is 0 Å². The number of nitrogens with zero attached hydrogens (tertiary/aromatic N) is 1. The van der Waals surface area contributed by atoms with Crippen LogP contribution in [-0.4, -0.2) is 50.2 Å². The number of carbonyl (C=O) groups excluding carboxylic acids is 2. The zero-order valence-electron chi connectivity index (χ0n) is 9.78. The highest BCUT2D eigenvalue weighted by Gasteiger charge is 2.18. The average Bonchev–Trinajstić information content (AvgIpc) is 2.24. The molecule has 0 saturated carbocycles. The second kappa shape index (κ2) is 7.23. The van der Waals surface area contributed by atoms with Crippen molar-refractivity contribution in [2.45, 2.75) is 26.3 Å². The molecule has 0 bridgehead atoms. The molecule has 0 fully saturated rings. The minimum atomic E-state index is -0.343. The first-order chi connectivity index (χ1) is 7.02. The first-order valence-corrected chi connectivity index (χ1v) is 4.96. The maximum absolute atomic E-state index is 11.1. The van der Waals surface area contributed by atoms with E-state index in [1.807, 2.05) is 0 Å². The molecule has 0 aliphatic heterocycles. The van der Waals surface area contributed by atoms with Crippen molar-refractivity contribution in [2.75, 3.05) is 27.3 Å². The Hall–Kier alpha value is -1.10. The van der Waals surface area contributed by atoms with E-state index in [0.717, 1.165) is 0 Å². The molecule has 5 heteroatoms. The summed E-state index contributed by atoms with van der Waals surface area (Å²) < 4.78 is 9.37. The van der Waals surface area contributed by atoms with E-state index in [1.54, 1.807) is 25.8 Å². The van der Waals surface area contributed by atoms with Crippen LogP contribution in [0, 0.1) is 0 Å². The van der Waals surface area contributed by atoms with Gasteiger partial charge in [0.15, 0.2) is 0 Å². The molecule has 0 spiro atoms. The molecule has 5 nitrogen and oxygen atoms in total. The summed E-state index contributed by atoms with van der Waals surface area (Å²) in [6.45, 7) is 4.36. The Kier molecular flexibility index (Phi) is 6.70. The van der Waals surface area contributed by atoms with Gasteiger partial charge in [-0.15, -0.1) is 0 Å².